The molecule has 1 saturated heterocycles. The molecule has 0 aliphatic carbocycles. The van der Waals surface area contributed by atoms with Gasteiger partial charge in [-0.15, -0.1) is 0 Å². The largest absolute Gasteiger partial charge is 0.460 e. The highest BCUT2D eigenvalue weighted by Crippen LogP contribution is 2.40. The molecule has 1 aliphatic rings. The van der Waals surface area contributed by atoms with Crippen LogP contribution in [0.5, 0.6) is 0 Å². The average molecular weight is 644 g/mol. The molecule has 5 aromatic rings. The highest BCUT2D eigenvalue weighted by atomic mass is 32.2. The zero-order chi connectivity index (χ0) is 32.6. The maximum atomic E-state index is 13.6. The number of furan rings is 1. The number of aromatic nitrogens is 2. The van der Waals surface area contributed by atoms with Gasteiger partial charge in [0, 0.05) is 47.9 Å². The molecule has 0 spiro atoms. The number of hydrogen-bond donors (Lipinski definition) is 2. The van der Waals surface area contributed by atoms with Gasteiger partial charge in [0.25, 0.3) is 11.8 Å². The van der Waals surface area contributed by atoms with E-state index in [1.807, 2.05) is 0 Å². The number of hydrogen-bond acceptors (Lipinski definition) is 8. The minimum Gasteiger partial charge on any atom is -0.460 e. The van der Waals surface area contributed by atoms with Gasteiger partial charge in [0.15, 0.2) is 5.82 Å². The van der Waals surface area contributed by atoms with Crippen LogP contribution in [0.3, 0.4) is 0 Å². The third-order valence-corrected chi connectivity index (χ3v) is 9.09. The van der Waals surface area contributed by atoms with Crippen LogP contribution in [0.1, 0.15) is 44.8 Å². The van der Waals surface area contributed by atoms with E-state index in [9.17, 15) is 22.4 Å². The van der Waals surface area contributed by atoms with E-state index in [-0.39, 0.29) is 48.8 Å². The van der Waals surface area contributed by atoms with Gasteiger partial charge in [0.05, 0.1) is 30.7 Å². The number of anilines is 1. The van der Waals surface area contributed by atoms with Crippen LogP contribution in [-0.4, -0.2) is 56.2 Å². The maximum Gasteiger partial charge on any atom is 0.252 e. The Kier molecular flexibility index (Phi) is 8.04. The summed E-state index contributed by atoms with van der Waals surface area (Å²) in [6.45, 7) is 2.21. The predicted octanol–water partition coefficient (Wildman–Crippen LogP) is 4.16. The Morgan fingerprint density at radius 1 is 1.04 bits per heavy atom. The number of halogens is 1. The Labute approximate surface area is 264 Å². The molecule has 3 heterocycles. The van der Waals surface area contributed by atoms with Crippen LogP contribution in [0.25, 0.3) is 22.1 Å². The Balaban J connectivity index is 1.46. The first kappa shape index (κ1) is 30.9. The number of nitrogens with one attached hydrogen (secondary N) is 1. The third-order valence-electron chi connectivity index (χ3n) is 7.84. The zero-order valence-electron chi connectivity index (χ0n) is 25.0. The molecule has 2 amide bonds. The van der Waals surface area contributed by atoms with Crippen molar-refractivity contribution in [2.75, 3.05) is 30.3 Å². The molecule has 46 heavy (non-hydrogen) atoms. The smallest absolute Gasteiger partial charge is 0.252 e. The minimum absolute atomic E-state index is 0.100. The molecule has 0 unspecified atom stereocenters. The molecule has 11 nitrogen and oxygen atoms in total. The van der Waals surface area contributed by atoms with Crippen LogP contribution in [0.4, 0.5) is 10.1 Å². The van der Waals surface area contributed by atoms with Gasteiger partial charge >= 0.3 is 0 Å². The van der Waals surface area contributed by atoms with Crippen LogP contribution in [0.15, 0.2) is 83.5 Å². The molecular weight excluding hydrogens is 613 g/mol. The molecule has 0 saturated carbocycles. The van der Waals surface area contributed by atoms with Crippen molar-refractivity contribution < 1.29 is 31.6 Å². The maximum absolute atomic E-state index is 13.6. The lowest BCUT2D eigenvalue weighted by atomic mass is 9.94. The molecule has 236 valence electrons. The van der Waals surface area contributed by atoms with E-state index in [2.05, 4.69) is 15.3 Å². The zero-order valence-corrected chi connectivity index (χ0v) is 25.8. The molecule has 2 aromatic heterocycles. The van der Waals surface area contributed by atoms with Gasteiger partial charge in [0.2, 0.25) is 10.0 Å². The number of rotatable bonds is 10. The van der Waals surface area contributed by atoms with Gasteiger partial charge in [-0.3, -0.25) is 13.9 Å². The van der Waals surface area contributed by atoms with Gasteiger partial charge in [-0.25, -0.2) is 22.8 Å². The second kappa shape index (κ2) is 12.0. The molecule has 1 aliphatic heterocycles. The van der Waals surface area contributed by atoms with Gasteiger partial charge in [-0.2, -0.15) is 0 Å². The molecule has 3 N–H and O–H groups in total. The standard InChI is InChI=1S/C33H30FN5O6S/c1-3-39(46(2,42)43)26-17-27-25(29(30(35)40)28(45-27)14-20-8-10-23(34)11-9-20)16-24(26)21-6-4-7-22(15-21)31(41)38-33(18-44-19-33)32-36-12-5-13-37-32/h4-13,15-17H,3,14,18-19H2,1-2H3,(H2,35,40)(H,38,41). The van der Waals surface area contributed by atoms with Crippen LogP contribution in [0.2, 0.25) is 0 Å². The normalized spacial score (nSPS) is 14.1. The summed E-state index contributed by atoms with van der Waals surface area (Å²) in [5, 5.41) is 3.37. The summed E-state index contributed by atoms with van der Waals surface area (Å²) in [6.07, 6.45) is 4.43. The minimum atomic E-state index is -3.76. The Morgan fingerprint density at radius 2 is 1.76 bits per heavy atom. The topological polar surface area (TPSA) is 158 Å². The highest BCUT2D eigenvalue weighted by Gasteiger charge is 2.44. The first-order valence-electron chi connectivity index (χ1n) is 14.4. The number of carbonyl (C=O) groups is 2. The van der Waals surface area contributed by atoms with E-state index in [1.54, 1.807) is 73.9 Å². The number of amides is 2. The monoisotopic (exact) mass is 643 g/mol. The second-order valence-corrected chi connectivity index (χ2v) is 13.0. The van der Waals surface area contributed by atoms with Crippen molar-refractivity contribution in [1.82, 2.24) is 15.3 Å². The van der Waals surface area contributed by atoms with Gasteiger partial charge in [-0.05, 0) is 54.4 Å². The SMILES string of the molecule is CCN(c1cc2oc(Cc3ccc(F)cc3)c(C(N)=O)c2cc1-c1cccc(C(=O)NC2(c3ncccn3)COC2)c1)S(C)(=O)=O. The van der Waals surface area contributed by atoms with Gasteiger partial charge < -0.3 is 20.2 Å². The number of sulfonamides is 1. The number of ether oxygens (including phenoxy) is 1. The summed E-state index contributed by atoms with van der Waals surface area (Å²) in [7, 11) is -3.76. The van der Waals surface area contributed by atoms with Crippen LogP contribution < -0.4 is 15.4 Å². The van der Waals surface area contributed by atoms with Crippen molar-refractivity contribution in [2.45, 2.75) is 18.9 Å². The number of nitrogens with two attached hydrogens (primary N) is 1. The van der Waals surface area contributed by atoms with E-state index in [1.165, 1.54) is 16.4 Å². The second-order valence-electron chi connectivity index (χ2n) is 11.0. The van der Waals surface area contributed by atoms with E-state index in [4.69, 9.17) is 14.9 Å². The average Bonchev–Trinajstić information content (AvgIpc) is 3.36. The van der Waals surface area contributed by atoms with E-state index in [0.717, 1.165) is 6.26 Å². The lowest BCUT2D eigenvalue weighted by Gasteiger charge is -2.40. The number of nitrogens with zero attached hydrogens (tertiary/aromatic N) is 3. The fourth-order valence-corrected chi connectivity index (χ4v) is 6.59. The molecule has 3 aromatic carbocycles. The Bertz CT molecular complexity index is 2060. The fraction of sp³-hybridized carbons (Fsp3) is 0.212. The van der Waals surface area contributed by atoms with Crippen molar-refractivity contribution in [2.24, 2.45) is 5.73 Å². The molecule has 13 heteroatoms. The van der Waals surface area contributed by atoms with Crippen molar-refractivity contribution >= 4 is 38.5 Å². The summed E-state index contributed by atoms with van der Waals surface area (Å²) < 4.78 is 52.1. The Hall–Kier alpha value is -5.14. The van der Waals surface area contributed by atoms with Gasteiger partial charge in [-0.1, -0.05) is 24.3 Å². The van der Waals surface area contributed by atoms with E-state index in [0.29, 0.717) is 33.5 Å². The molecule has 0 atom stereocenters. The molecular formula is C33H30FN5O6S. The first-order valence-corrected chi connectivity index (χ1v) is 16.2. The summed E-state index contributed by atoms with van der Waals surface area (Å²) >= 11 is 0. The van der Waals surface area contributed by atoms with Crippen molar-refractivity contribution in [1.29, 1.82) is 0 Å². The quantitative estimate of drug-likeness (QED) is 0.230. The number of benzene rings is 3. The number of carbonyl (C=O) groups excluding carboxylic acids is 2. The van der Waals surface area contributed by atoms with E-state index < -0.39 is 33.2 Å². The lowest BCUT2D eigenvalue weighted by molar-refractivity contribution is -0.0777. The summed E-state index contributed by atoms with van der Waals surface area (Å²) in [5.74, 6) is -0.865. The van der Waals surface area contributed by atoms with Crippen molar-refractivity contribution in [3.8, 4) is 11.1 Å². The fourth-order valence-electron chi connectivity index (χ4n) is 5.61. The summed E-state index contributed by atoms with van der Waals surface area (Å²) in [4.78, 5) is 34.9. The third kappa shape index (κ3) is 5.82. The van der Waals surface area contributed by atoms with Crippen LogP contribution in [-0.2, 0) is 26.7 Å². The van der Waals surface area contributed by atoms with Gasteiger partial charge in [0.1, 0.15) is 22.7 Å². The molecule has 0 bridgehead atoms. The lowest BCUT2D eigenvalue weighted by Crippen LogP contribution is -2.60. The number of primary amides is 1. The molecule has 0 radical (unpaired) electrons. The highest BCUT2D eigenvalue weighted by molar-refractivity contribution is 7.92. The molecule has 6 rings (SSSR count). The van der Waals surface area contributed by atoms with Crippen molar-refractivity contribution in [3.63, 3.8) is 0 Å². The number of fused-ring (bicyclic) bond motifs is 1. The van der Waals surface area contributed by atoms with E-state index >= 15 is 0 Å². The Morgan fingerprint density at radius 3 is 2.37 bits per heavy atom. The van der Waals surface area contributed by atoms with Crippen molar-refractivity contribution in [3.05, 3.63) is 113 Å². The predicted molar refractivity (Wildman–Crippen MR) is 169 cm³/mol. The summed E-state index contributed by atoms with van der Waals surface area (Å²) in [5.41, 5.74) is 7.53. The summed E-state index contributed by atoms with van der Waals surface area (Å²) in [6, 6.07) is 17.3. The first-order chi connectivity index (χ1) is 22.0. The van der Waals surface area contributed by atoms with Crippen LogP contribution >= 0.6 is 0 Å². The van der Waals surface area contributed by atoms with Crippen LogP contribution in [0, 0.1) is 5.82 Å². The molecule has 1 fully saturated rings.